The molecule has 0 saturated heterocycles. The second-order valence-corrected chi connectivity index (χ2v) is 7.92. The number of methoxy groups -OCH3 is 2. The summed E-state index contributed by atoms with van der Waals surface area (Å²) in [6, 6.07) is 8.03. The summed E-state index contributed by atoms with van der Waals surface area (Å²) in [6.07, 6.45) is 0. The summed E-state index contributed by atoms with van der Waals surface area (Å²) < 4.78 is 12.7. The summed E-state index contributed by atoms with van der Waals surface area (Å²) in [7, 11) is 3.28. The molecule has 0 aliphatic heterocycles. The molecule has 1 heterocycles. The van der Waals surface area contributed by atoms with Gasteiger partial charge in [0, 0.05) is 9.35 Å². The molecule has 0 amide bonds. The summed E-state index contributed by atoms with van der Waals surface area (Å²) in [5, 5.41) is 0. The molecule has 6 heteroatoms. The van der Waals surface area contributed by atoms with Gasteiger partial charge in [0.2, 0.25) is 0 Å². The molecule has 0 spiro atoms. The van der Waals surface area contributed by atoms with Crippen molar-refractivity contribution in [2.45, 2.75) is 4.83 Å². The van der Waals surface area contributed by atoms with E-state index in [1.165, 1.54) is 4.88 Å². The number of ether oxygens (including phenoxy) is 2. The number of hydrogen-bond acceptors (Lipinski definition) is 3. The molecule has 19 heavy (non-hydrogen) atoms. The van der Waals surface area contributed by atoms with Crippen LogP contribution < -0.4 is 9.47 Å². The van der Waals surface area contributed by atoms with Gasteiger partial charge in [-0.1, -0.05) is 22.0 Å². The SMILES string of the molecule is COc1ccc(C(Br)c2cc(Br)c(Br)s2)cc1OC. The van der Waals surface area contributed by atoms with Crippen molar-refractivity contribution in [2.24, 2.45) is 0 Å². The van der Waals surface area contributed by atoms with Crippen molar-refractivity contribution in [3.63, 3.8) is 0 Å². The van der Waals surface area contributed by atoms with Crippen molar-refractivity contribution in [3.8, 4) is 11.5 Å². The molecule has 2 nitrogen and oxygen atoms in total. The fourth-order valence-corrected chi connectivity index (χ4v) is 4.46. The predicted molar refractivity (Wildman–Crippen MR) is 90.0 cm³/mol. The van der Waals surface area contributed by atoms with Crippen LogP contribution in [0.4, 0.5) is 0 Å². The van der Waals surface area contributed by atoms with Gasteiger partial charge >= 0.3 is 0 Å². The molecule has 0 fully saturated rings. The molecular formula is C13H11Br3O2S. The zero-order valence-corrected chi connectivity index (χ0v) is 15.8. The quantitative estimate of drug-likeness (QED) is 0.528. The minimum Gasteiger partial charge on any atom is -0.493 e. The molecule has 0 radical (unpaired) electrons. The molecule has 0 N–H and O–H groups in total. The third-order valence-electron chi connectivity index (χ3n) is 2.61. The Kier molecular flexibility index (Phi) is 5.34. The Morgan fingerprint density at radius 1 is 1.05 bits per heavy atom. The minimum absolute atomic E-state index is 0.125. The Balaban J connectivity index is 2.35. The van der Waals surface area contributed by atoms with E-state index in [0.29, 0.717) is 0 Å². The average molecular weight is 471 g/mol. The van der Waals surface area contributed by atoms with E-state index in [1.807, 2.05) is 18.2 Å². The van der Waals surface area contributed by atoms with Crippen molar-refractivity contribution in [3.05, 3.63) is 43.0 Å². The normalized spacial score (nSPS) is 12.3. The highest BCUT2D eigenvalue weighted by molar-refractivity contribution is 9.13. The second kappa shape index (κ2) is 6.61. The predicted octanol–water partition coefficient (Wildman–Crippen LogP) is 5.77. The molecule has 1 unspecified atom stereocenters. The van der Waals surface area contributed by atoms with Crippen LogP contribution in [0, 0.1) is 0 Å². The molecule has 2 aromatic rings. The van der Waals surface area contributed by atoms with Gasteiger partial charge < -0.3 is 9.47 Å². The fraction of sp³-hybridized carbons (Fsp3) is 0.231. The molecular weight excluding hydrogens is 460 g/mol. The van der Waals surface area contributed by atoms with Crippen LogP contribution in [-0.2, 0) is 0 Å². The van der Waals surface area contributed by atoms with Crippen LogP contribution in [0.5, 0.6) is 11.5 Å². The molecule has 102 valence electrons. The van der Waals surface area contributed by atoms with E-state index in [9.17, 15) is 0 Å². The first kappa shape index (κ1) is 15.4. The Hall–Kier alpha value is -0.0400. The van der Waals surface area contributed by atoms with E-state index in [4.69, 9.17) is 9.47 Å². The van der Waals surface area contributed by atoms with Crippen LogP contribution in [0.2, 0.25) is 0 Å². The van der Waals surface area contributed by atoms with Gasteiger partial charge in [-0.2, -0.15) is 0 Å². The summed E-state index contributed by atoms with van der Waals surface area (Å²) in [4.78, 5) is 1.34. The van der Waals surface area contributed by atoms with E-state index < -0.39 is 0 Å². The standard InChI is InChI=1S/C13H11Br3O2S/c1-17-9-4-3-7(5-10(9)18-2)12(15)11-6-8(14)13(16)19-11/h3-6,12H,1-2H3. The van der Waals surface area contributed by atoms with E-state index in [2.05, 4.69) is 53.9 Å². The van der Waals surface area contributed by atoms with Crippen LogP contribution >= 0.6 is 59.1 Å². The third kappa shape index (κ3) is 3.35. The van der Waals surface area contributed by atoms with Crippen LogP contribution in [0.1, 0.15) is 15.3 Å². The zero-order chi connectivity index (χ0) is 14.0. The number of benzene rings is 1. The Labute approximate surface area is 141 Å². The Morgan fingerprint density at radius 2 is 1.74 bits per heavy atom. The first-order chi connectivity index (χ1) is 9.06. The van der Waals surface area contributed by atoms with E-state index in [-0.39, 0.29) is 4.83 Å². The van der Waals surface area contributed by atoms with Gasteiger partial charge in [0.1, 0.15) is 0 Å². The van der Waals surface area contributed by atoms with E-state index in [1.54, 1.807) is 25.6 Å². The number of halogens is 3. The lowest BCUT2D eigenvalue weighted by atomic mass is 10.1. The number of alkyl halides is 1. The lowest BCUT2D eigenvalue weighted by Crippen LogP contribution is -1.94. The molecule has 0 aliphatic carbocycles. The fourth-order valence-electron chi connectivity index (χ4n) is 1.66. The molecule has 1 aromatic heterocycles. The highest BCUT2D eigenvalue weighted by Crippen LogP contribution is 2.42. The maximum atomic E-state index is 5.33. The van der Waals surface area contributed by atoms with E-state index >= 15 is 0 Å². The van der Waals surface area contributed by atoms with Crippen molar-refractivity contribution < 1.29 is 9.47 Å². The maximum Gasteiger partial charge on any atom is 0.161 e. The number of hydrogen-bond donors (Lipinski definition) is 0. The van der Waals surface area contributed by atoms with Gasteiger partial charge in [-0.05, 0) is 55.6 Å². The van der Waals surface area contributed by atoms with Gasteiger partial charge in [0.25, 0.3) is 0 Å². The van der Waals surface area contributed by atoms with Crippen LogP contribution in [0.3, 0.4) is 0 Å². The lowest BCUT2D eigenvalue weighted by Gasteiger charge is -2.12. The Bertz CT molecular complexity index is 564. The first-order valence-corrected chi connectivity index (χ1v) is 8.69. The molecule has 1 aromatic carbocycles. The summed E-state index contributed by atoms with van der Waals surface area (Å²) >= 11 is 12.4. The van der Waals surface area contributed by atoms with E-state index in [0.717, 1.165) is 25.3 Å². The second-order valence-electron chi connectivity index (χ2n) is 3.75. The lowest BCUT2D eigenvalue weighted by molar-refractivity contribution is 0.354. The van der Waals surface area contributed by atoms with Crippen molar-refractivity contribution >= 4 is 59.1 Å². The molecule has 2 rings (SSSR count). The number of thiophene rings is 1. The maximum absolute atomic E-state index is 5.33. The van der Waals surface area contributed by atoms with Crippen LogP contribution in [0.25, 0.3) is 0 Å². The monoisotopic (exact) mass is 468 g/mol. The zero-order valence-electron chi connectivity index (χ0n) is 10.2. The average Bonchev–Trinajstić information content (AvgIpc) is 2.77. The highest BCUT2D eigenvalue weighted by atomic mass is 79.9. The van der Waals surface area contributed by atoms with Crippen LogP contribution in [-0.4, -0.2) is 14.2 Å². The van der Waals surface area contributed by atoms with Crippen molar-refractivity contribution in [2.75, 3.05) is 14.2 Å². The van der Waals surface area contributed by atoms with Gasteiger partial charge in [0.15, 0.2) is 11.5 Å². The number of rotatable bonds is 4. The highest BCUT2D eigenvalue weighted by Gasteiger charge is 2.17. The van der Waals surface area contributed by atoms with Gasteiger partial charge in [-0.25, -0.2) is 0 Å². The Morgan fingerprint density at radius 3 is 2.26 bits per heavy atom. The largest absolute Gasteiger partial charge is 0.493 e. The minimum atomic E-state index is 0.125. The topological polar surface area (TPSA) is 18.5 Å². The van der Waals surface area contributed by atoms with Gasteiger partial charge in [0.05, 0.1) is 22.8 Å². The van der Waals surface area contributed by atoms with Crippen molar-refractivity contribution in [1.29, 1.82) is 0 Å². The molecule has 0 saturated carbocycles. The summed E-state index contributed by atoms with van der Waals surface area (Å²) in [6.45, 7) is 0. The molecule has 1 atom stereocenters. The third-order valence-corrected chi connectivity index (χ3v) is 7.26. The first-order valence-electron chi connectivity index (χ1n) is 5.37. The summed E-state index contributed by atoms with van der Waals surface area (Å²) in [5.41, 5.74) is 1.12. The van der Waals surface area contributed by atoms with Gasteiger partial charge in [-0.15, -0.1) is 11.3 Å². The van der Waals surface area contributed by atoms with Crippen molar-refractivity contribution in [1.82, 2.24) is 0 Å². The summed E-state index contributed by atoms with van der Waals surface area (Å²) in [5.74, 6) is 1.47. The molecule has 0 bridgehead atoms. The van der Waals surface area contributed by atoms with Gasteiger partial charge in [-0.3, -0.25) is 0 Å². The van der Waals surface area contributed by atoms with Crippen LogP contribution in [0.15, 0.2) is 32.5 Å². The molecule has 0 aliphatic rings. The smallest absolute Gasteiger partial charge is 0.161 e.